The number of rotatable bonds is 4. The summed E-state index contributed by atoms with van der Waals surface area (Å²) in [5.74, 6) is -0.410. The molecule has 0 aromatic heterocycles. The Morgan fingerprint density at radius 1 is 1.38 bits per heavy atom. The quantitative estimate of drug-likeness (QED) is 0.669. The van der Waals surface area contributed by atoms with E-state index >= 15 is 0 Å². The molecule has 2 amide bonds. The van der Waals surface area contributed by atoms with Gasteiger partial charge in [-0.3, -0.25) is 4.90 Å². The first-order chi connectivity index (χ1) is 10.1. The Hall–Kier alpha value is -1.82. The molecule has 21 heavy (non-hydrogen) atoms. The summed E-state index contributed by atoms with van der Waals surface area (Å²) in [6, 6.07) is 8.64. The van der Waals surface area contributed by atoms with E-state index in [9.17, 15) is 9.59 Å². The Bertz CT molecular complexity index is 572. The number of ether oxygens (including phenoxy) is 1. The number of hydrogen-bond donors (Lipinski definition) is 1. The summed E-state index contributed by atoms with van der Waals surface area (Å²) >= 11 is 3.35. The highest BCUT2D eigenvalue weighted by Gasteiger charge is 2.36. The molecule has 0 bridgehead atoms. The van der Waals surface area contributed by atoms with E-state index in [0.29, 0.717) is 16.6 Å². The van der Waals surface area contributed by atoms with E-state index in [1.54, 1.807) is 14.0 Å². The Kier molecular flexibility index (Phi) is 5.01. The zero-order chi connectivity index (χ0) is 15.4. The number of nitrogens with one attached hydrogen (secondary N) is 1. The molecule has 0 saturated heterocycles. The Labute approximate surface area is 132 Å². The molecule has 5 nitrogen and oxygen atoms in total. The number of amides is 2. The maximum atomic E-state index is 12.3. The van der Waals surface area contributed by atoms with Crippen LogP contribution in [0.2, 0.25) is 0 Å². The minimum absolute atomic E-state index is 0.244. The highest BCUT2D eigenvalue weighted by atomic mass is 79.9. The van der Waals surface area contributed by atoms with Gasteiger partial charge in [-0.25, -0.2) is 9.59 Å². The number of esters is 1. The first kappa shape index (κ1) is 15.6. The van der Waals surface area contributed by atoms with Crippen LogP contribution in [-0.4, -0.2) is 35.9 Å². The summed E-state index contributed by atoms with van der Waals surface area (Å²) in [4.78, 5) is 25.8. The summed E-state index contributed by atoms with van der Waals surface area (Å²) in [5, 5.41) is 3.24. The third-order valence-electron chi connectivity index (χ3n) is 3.33. The number of alkyl halides is 1. The predicted molar refractivity (Wildman–Crippen MR) is 82.9 cm³/mol. The Morgan fingerprint density at radius 3 is 2.62 bits per heavy atom. The van der Waals surface area contributed by atoms with Gasteiger partial charge in [0.2, 0.25) is 0 Å². The van der Waals surface area contributed by atoms with Crippen LogP contribution in [-0.2, 0) is 9.53 Å². The van der Waals surface area contributed by atoms with Crippen molar-refractivity contribution in [3.05, 3.63) is 47.2 Å². The van der Waals surface area contributed by atoms with Crippen molar-refractivity contribution < 1.29 is 14.3 Å². The number of allylic oxidation sites excluding steroid dienone is 1. The van der Waals surface area contributed by atoms with Gasteiger partial charge in [-0.15, -0.1) is 0 Å². The van der Waals surface area contributed by atoms with Gasteiger partial charge in [-0.1, -0.05) is 46.3 Å². The second kappa shape index (κ2) is 6.76. The van der Waals surface area contributed by atoms with Crippen LogP contribution in [0.5, 0.6) is 0 Å². The number of nitrogens with zero attached hydrogens (tertiary/aromatic N) is 1. The van der Waals surface area contributed by atoms with Gasteiger partial charge in [-0.2, -0.15) is 0 Å². The molecule has 1 aliphatic heterocycles. The van der Waals surface area contributed by atoms with Crippen molar-refractivity contribution >= 4 is 27.9 Å². The monoisotopic (exact) mass is 352 g/mol. The molecule has 1 aromatic carbocycles. The average molecular weight is 353 g/mol. The fourth-order valence-corrected chi connectivity index (χ4v) is 2.94. The standard InChI is InChI=1S/C15H17BrN2O3/c1-3-21-14(19)12-11(9-16)18(2)15(20)17-13(12)10-7-5-4-6-8-10/h4-8,13H,3,9H2,1-2H3,(H,17,20)/t13-/m0/s1. The van der Waals surface area contributed by atoms with E-state index in [2.05, 4.69) is 21.2 Å². The molecule has 2 rings (SSSR count). The maximum Gasteiger partial charge on any atom is 0.338 e. The van der Waals surface area contributed by atoms with Gasteiger partial charge in [0.25, 0.3) is 0 Å². The number of benzene rings is 1. The van der Waals surface area contributed by atoms with Crippen molar-refractivity contribution in [1.29, 1.82) is 0 Å². The van der Waals surface area contributed by atoms with Crippen molar-refractivity contribution in [2.45, 2.75) is 13.0 Å². The number of urea groups is 1. The van der Waals surface area contributed by atoms with Crippen LogP contribution in [0.25, 0.3) is 0 Å². The molecule has 6 heteroatoms. The maximum absolute atomic E-state index is 12.3. The molecule has 1 atom stereocenters. The fraction of sp³-hybridized carbons (Fsp3) is 0.333. The van der Waals surface area contributed by atoms with Crippen LogP contribution in [0.1, 0.15) is 18.5 Å². The van der Waals surface area contributed by atoms with Crippen LogP contribution >= 0.6 is 15.9 Å². The topological polar surface area (TPSA) is 58.6 Å². The first-order valence-corrected chi connectivity index (χ1v) is 7.77. The summed E-state index contributed by atoms with van der Waals surface area (Å²) in [6.07, 6.45) is 0. The lowest BCUT2D eigenvalue weighted by Gasteiger charge is -2.34. The highest BCUT2D eigenvalue weighted by Crippen LogP contribution is 2.31. The van der Waals surface area contributed by atoms with Crippen molar-refractivity contribution in [2.24, 2.45) is 0 Å². The molecule has 0 aliphatic carbocycles. The SMILES string of the molecule is CCOC(=O)C1=C(CBr)N(C)C(=O)N[C@H]1c1ccccc1. The van der Waals surface area contributed by atoms with Gasteiger partial charge in [0.1, 0.15) is 0 Å². The van der Waals surface area contributed by atoms with Crippen LogP contribution in [0.4, 0.5) is 4.79 Å². The zero-order valence-corrected chi connectivity index (χ0v) is 13.5. The van der Waals surface area contributed by atoms with E-state index in [4.69, 9.17) is 4.74 Å². The van der Waals surface area contributed by atoms with Crippen molar-refractivity contribution in [3.8, 4) is 0 Å². The molecule has 0 saturated carbocycles. The molecule has 1 heterocycles. The van der Waals surface area contributed by atoms with Crippen LogP contribution in [0.15, 0.2) is 41.6 Å². The average Bonchev–Trinajstić information content (AvgIpc) is 2.50. The van der Waals surface area contributed by atoms with Crippen molar-refractivity contribution in [3.63, 3.8) is 0 Å². The molecule has 112 valence electrons. The Balaban J connectivity index is 2.53. The molecule has 1 aliphatic rings. The van der Waals surface area contributed by atoms with Crippen molar-refractivity contribution in [2.75, 3.05) is 19.0 Å². The number of carbonyl (C=O) groups excluding carboxylic acids is 2. The zero-order valence-electron chi connectivity index (χ0n) is 11.9. The summed E-state index contributed by atoms with van der Waals surface area (Å²) in [6.45, 7) is 2.05. The third-order valence-corrected chi connectivity index (χ3v) is 3.86. The van der Waals surface area contributed by atoms with Gasteiger partial charge < -0.3 is 10.1 Å². The number of halogens is 1. The molecule has 0 spiro atoms. The normalized spacial score (nSPS) is 18.5. The molecule has 0 fully saturated rings. The van der Waals surface area contributed by atoms with Crippen LogP contribution < -0.4 is 5.32 Å². The third kappa shape index (κ3) is 3.10. The summed E-state index contributed by atoms with van der Waals surface area (Å²) in [7, 11) is 1.63. The van der Waals surface area contributed by atoms with Crippen LogP contribution in [0.3, 0.4) is 0 Å². The predicted octanol–water partition coefficient (Wildman–Crippen LogP) is 2.59. The van der Waals surface area contributed by atoms with Gasteiger partial charge in [0, 0.05) is 18.1 Å². The fourth-order valence-electron chi connectivity index (χ4n) is 2.26. The van der Waals surface area contributed by atoms with Crippen LogP contribution in [0, 0.1) is 0 Å². The lowest BCUT2D eigenvalue weighted by Crippen LogP contribution is -2.47. The molecule has 0 unspecified atom stereocenters. The van der Waals surface area contributed by atoms with Gasteiger partial charge in [-0.05, 0) is 12.5 Å². The van der Waals surface area contributed by atoms with Crippen molar-refractivity contribution in [1.82, 2.24) is 10.2 Å². The number of carbonyl (C=O) groups is 2. The minimum Gasteiger partial charge on any atom is -0.463 e. The van der Waals surface area contributed by atoms with E-state index < -0.39 is 12.0 Å². The molecule has 0 radical (unpaired) electrons. The first-order valence-electron chi connectivity index (χ1n) is 6.65. The van der Waals surface area contributed by atoms with E-state index in [-0.39, 0.29) is 12.6 Å². The molecular weight excluding hydrogens is 336 g/mol. The molecular formula is C15H17BrN2O3. The van der Waals surface area contributed by atoms with Gasteiger partial charge in [0.05, 0.1) is 18.2 Å². The van der Waals surface area contributed by atoms with E-state index in [1.807, 2.05) is 30.3 Å². The second-order valence-corrected chi connectivity index (χ2v) is 5.13. The summed E-state index contributed by atoms with van der Waals surface area (Å²) in [5.41, 5.74) is 1.92. The van der Waals surface area contributed by atoms with E-state index in [1.165, 1.54) is 4.90 Å². The van der Waals surface area contributed by atoms with Gasteiger partial charge in [0.15, 0.2) is 0 Å². The lowest BCUT2D eigenvalue weighted by molar-refractivity contribution is -0.139. The summed E-state index contributed by atoms with van der Waals surface area (Å²) < 4.78 is 5.15. The highest BCUT2D eigenvalue weighted by molar-refractivity contribution is 9.09. The smallest absolute Gasteiger partial charge is 0.338 e. The number of hydrogen-bond acceptors (Lipinski definition) is 3. The molecule has 1 aromatic rings. The minimum atomic E-state index is -0.499. The second-order valence-electron chi connectivity index (χ2n) is 4.57. The molecule has 1 N–H and O–H groups in total. The lowest BCUT2D eigenvalue weighted by atomic mass is 9.95. The Morgan fingerprint density at radius 2 is 2.05 bits per heavy atom. The van der Waals surface area contributed by atoms with Gasteiger partial charge >= 0.3 is 12.0 Å². The largest absolute Gasteiger partial charge is 0.463 e. The van der Waals surface area contributed by atoms with E-state index in [0.717, 1.165) is 5.56 Å².